The zero-order valence-electron chi connectivity index (χ0n) is 9.13. The average molecular weight is 199 g/mol. The van der Waals surface area contributed by atoms with Crippen molar-refractivity contribution in [2.24, 2.45) is 0 Å². The number of hydrogen-bond donors (Lipinski definition) is 1. The lowest BCUT2D eigenvalue weighted by Gasteiger charge is -2.19. The highest BCUT2D eigenvalue weighted by atomic mass is 16.4. The first kappa shape index (κ1) is 12.7. The van der Waals surface area contributed by atoms with E-state index in [2.05, 4.69) is 0 Å². The topological polar surface area (TPSA) is 57.6 Å². The minimum atomic E-state index is -1.04. The summed E-state index contributed by atoms with van der Waals surface area (Å²) in [6, 6.07) is 0. The van der Waals surface area contributed by atoms with Crippen LogP contribution in [0.5, 0.6) is 0 Å². The van der Waals surface area contributed by atoms with Gasteiger partial charge in [-0.25, -0.2) is 4.79 Å². The van der Waals surface area contributed by atoms with Crippen LogP contribution in [0.1, 0.15) is 27.7 Å². The summed E-state index contributed by atoms with van der Waals surface area (Å²) in [4.78, 5) is 23.9. The number of rotatable bonds is 4. The van der Waals surface area contributed by atoms with Crippen LogP contribution in [-0.2, 0) is 9.59 Å². The zero-order valence-corrected chi connectivity index (χ0v) is 9.13. The summed E-state index contributed by atoms with van der Waals surface area (Å²) in [6.07, 6.45) is 0. The Labute approximate surface area is 84.2 Å². The molecule has 0 aliphatic rings. The number of carboxylic acids is 1. The second kappa shape index (κ2) is 5.42. The van der Waals surface area contributed by atoms with Crippen molar-refractivity contribution >= 4 is 11.9 Å². The fourth-order valence-electron chi connectivity index (χ4n) is 1.07. The summed E-state index contributed by atoms with van der Waals surface area (Å²) < 4.78 is 0. The van der Waals surface area contributed by atoms with Crippen LogP contribution < -0.4 is 0 Å². The first-order valence-electron chi connectivity index (χ1n) is 4.65. The Morgan fingerprint density at radius 3 is 1.79 bits per heavy atom. The van der Waals surface area contributed by atoms with E-state index in [4.69, 9.17) is 5.11 Å². The molecule has 0 saturated carbocycles. The third-order valence-electron chi connectivity index (χ3n) is 2.25. The predicted molar refractivity (Wildman–Crippen MR) is 53.9 cm³/mol. The Morgan fingerprint density at radius 2 is 1.50 bits per heavy atom. The van der Waals surface area contributed by atoms with E-state index < -0.39 is 5.97 Å². The second-order valence-electron chi connectivity index (χ2n) is 3.03. The molecule has 80 valence electrons. The van der Waals surface area contributed by atoms with Gasteiger partial charge >= 0.3 is 5.97 Å². The van der Waals surface area contributed by atoms with Gasteiger partial charge in [0.1, 0.15) is 0 Å². The van der Waals surface area contributed by atoms with E-state index in [1.165, 1.54) is 6.92 Å². The maximum atomic E-state index is 11.7. The SMILES string of the molecule is CCN(CC)C(=O)C(C)=C(C)C(=O)O. The molecule has 0 rings (SSSR count). The van der Waals surface area contributed by atoms with Crippen LogP contribution in [0.25, 0.3) is 0 Å². The number of nitrogens with zero attached hydrogens (tertiary/aromatic N) is 1. The van der Waals surface area contributed by atoms with Crippen molar-refractivity contribution in [3.8, 4) is 0 Å². The Kier molecular flexibility index (Phi) is 4.91. The Morgan fingerprint density at radius 1 is 1.07 bits per heavy atom. The van der Waals surface area contributed by atoms with Gasteiger partial charge in [0.05, 0.1) is 0 Å². The number of carbonyl (C=O) groups is 2. The minimum Gasteiger partial charge on any atom is -0.478 e. The van der Waals surface area contributed by atoms with E-state index in [-0.39, 0.29) is 11.5 Å². The van der Waals surface area contributed by atoms with Gasteiger partial charge in [-0.05, 0) is 27.7 Å². The zero-order chi connectivity index (χ0) is 11.3. The number of aliphatic carboxylic acids is 1. The van der Waals surface area contributed by atoms with E-state index in [0.717, 1.165) is 0 Å². The quantitative estimate of drug-likeness (QED) is 0.694. The molecule has 0 aliphatic carbocycles. The summed E-state index contributed by atoms with van der Waals surface area (Å²) >= 11 is 0. The summed E-state index contributed by atoms with van der Waals surface area (Å²) in [5.74, 6) is -1.24. The van der Waals surface area contributed by atoms with E-state index in [1.807, 2.05) is 13.8 Å². The molecule has 0 aromatic heterocycles. The van der Waals surface area contributed by atoms with Crippen molar-refractivity contribution in [3.05, 3.63) is 11.1 Å². The summed E-state index contributed by atoms with van der Waals surface area (Å²) in [5.41, 5.74) is 0.420. The van der Waals surface area contributed by atoms with Crippen LogP contribution in [0.4, 0.5) is 0 Å². The maximum absolute atomic E-state index is 11.7. The first-order chi connectivity index (χ1) is 6.45. The van der Waals surface area contributed by atoms with Crippen LogP contribution >= 0.6 is 0 Å². The minimum absolute atomic E-state index is 0.113. The van der Waals surface area contributed by atoms with Gasteiger partial charge in [-0.3, -0.25) is 4.79 Å². The van der Waals surface area contributed by atoms with E-state index in [9.17, 15) is 9.59 Å². The molecule has 0 spiro atoms. The molecule has 1 N–H and O–H groups in total. The molecule has 0 saturated heterocycles. The molecule has 0 radical (unpaired) electrons. The molecule has 0 fully saturated rings. The van der Waals surface area contributed by atoms with Gasteiger partial charge in [0.2, 0.25) is 5.91 Å². The molecule has 0 atom stereocenters. The summed E-state index contributed by atoms with van der Waals surface area (Å²) in [7, 11) is 0. The monoisotopic (exact) mass is 199 g/mol. The molecule has 0 heterocycles. The smallest absolute Gasteiger partial charge is 0.331 e. The molecular weight excluding hydrogens is 182 g/mol. The highest BCUT2D eigenvalue weighted by Gasteiger charge is 2.16. The number of carbonyl (C=O) groups excluding carboxylic acids is 1. The molecule has 4 heteroatoms. The average Bonchev–Trinajstić information content (AvgIpc) is 2.17. The van der Waals surface area contributed by atoms with Crippen LogP contribution in [0.3, 0.4) is 0 Å². The van der Waals surface area contributed by atoms with E-state index >= 15 is 0 Å². The van der Waals surface area contributed by atoms with Crippen LogP contribution in [0.2, 0.25) is 0 Å². The van der Waals surface area contributed by atoms with Gasteiger partial charge < -0.3 is 10.0 Å². The van der Waals surface area contributed by atoms with Crippen molar-refractivity contribution in [2.45, 2.75) is 27.7 Å². The molecule has 1 amide bonds. The Bertz CT molecular complexity index is 265. The van der Waals surface area contributed by atoms with E-state index in [1.54, 1.807) is 11.8 Å². The fourth-order valence-corrected chi connectivity index (χ4v) is 1.07. The lowest BCUT2D eigenvalue weighted by atomic mass is 10.1. The predicted octanol–water partition coefficient (Wildman–Crippen LogP) is 1.28. The van der Waals surface area contributed by atoms with E-state index in [0.29, 0.717) is 18.7 Å². The first-order valence-corrected chi connectivity index (χ1v) is 4.65. The van der Waals surface area contributed by atoms with Crippen LogP contribution in [0.15, 0.2) is 11.1 Å². The second-order valence-corrected chi connectivity index (χ2v) is 3.03. The molecule has 4 nitrogen and oxygen atoms in total. The molecule has 0 aliphatic heterocycles. The number of carboxylic acid groups (broad SMARTS) is 1. The number of likely N-dealkylation sites (N-methyl/N-ethyl adjacent to an activating group) is 1. The molecule has 0 aromatic rings. The Balaban J connectivity index is 4.85. The largest absolute Gasteiger partial charge is 0.478 e. The standard InChI is InChI=1S/C10H17NO3/c1-5-11(6-2)9(12)7(3)8(4)10(13)14/h5-6H2,1-4H3,(H,13,14). The summed E-state index contributed by atoms with van der Waals surface area (Å²) in [5, 5.41) is 8.70. The highest BCUT2D eigenvalue weighted by molar-refractivity contribution is 6.01. The molecular formula is C10H17NO3. The van der Waals surface area contributed by atoms with Gasteiger partial charge in [0.15, 0.2) is 0 Å². The number of hydrogen-bond acceptors (Lipinski definition) is 2. The lowest BCUT2D eigenvalue weighted by molar-refractivity contribution is -0.133. The highest BCUT2D eigenvalue weighted by Crippen LogP contribution is 2.07. The van der Waals surface area contributed by atoms with Gasteiger partial charge in [-0.15, -0.1) is 0 Å². The van der Waals surface area contributed by atoms with Gasteiger partial charge in [0, 0.05) is 24.2 Å². The van der Waals surface area contributed by atoms with Gasteiger partial charge in [-0.2, -0.15) is 0 Å². The van der Waals surface area contributed by atoms with Crippen LogP contribution in [0, 0.1) is 0 Å². The lowest BCUT2D eigenvalue weighted by Crippen LogP contribution is -2.31. The normalized spacial score (nSPS) is 12.0. The third kappa shape index (κ3) is 2.87. The van der Waals surface area contributed by atoms with Crippen molar-refractivity contribution in [1.29, 1.82) is 0 Å². The molecule has 0 unspecified atom stereocenters. The number of amides is 1. The maximum Gasteiger partial charge on any atom is 0.331 e. The summed E-state index contributed by atoms with van der Waals surface area (Å²) in [6.45, 7) is 7.91. The van der Waals surface area contributed by atoms with Gasteiger partial charge in [0.25, 0.3) is 0 Å². The van der Waals surface area contributed by atoms with Crippen molar-refractivity contribution < 1.29 is 14.7 Å². The van der Waals surface area contributed by atoms with Crippen molar-refractivity contribution in [1.82, 2.24) is 4.90 Å². The fraction of sp³-hybridized carbons (Fsp3) is 0.600. The molecule has 14 heavy (non-hydrogen) atoms. The van der Waals surface area contributed by atoms with Crippen molar-refractivity contribution in [3.63, 3.8) is 0 Å². The van der Waals surface area contributed by atoms with Gasteiger partial charge in [-0.1, -0.05) is 0 Å². The van der Waals surface area contributed by atoms with Crippen LogP contribution in [-0.4, -0.2) is 35.0 Å². The van der Waals surface area contributed by atoms with Crippen molar-refractivity contribution in [2.75, 3.05) is 13.1 Å². The molecule has 0 aromatic carbocycles. The molecule has 0 bridgehead atoms. The third-order valence-corrected chi connectivity index (χ3v) is 2.25. The Hall–Kier alpha value is -1.32.